The van der Waals surface area contributed by atoms with E-state index in [1.54, 1.807) is 0 Å². The molecule has 0 radical (unpaired) electrons. The molecule has 0 aliphatic heterocycles. The fraction of sp³-hybridized carbons (Fsp3) is 0.125. The van der Waals surface area contributed by atoms with Crippen molar-refractivity contribution in [3.05, 3.63) is 58.2 Å². The molecule has 0 bridgehead atoms. The van der Waals surface area contributed by atoms with Crippen molar-refractivity contribution in [2.75, 3.05) is 6.54 Å². The number of aromatic nitrogens is 1. The molecule has 0 atom stereocenters. The summed E-state index contributed by atoms with van der Waals surface area (Å²) >= 11 is 11.5. The first kappa shape index (κ1) is 17.1. The Morgan fingerprint density at radius 2 is 1.79 bits per heavy atom. The minimum absolute atomic E-state index is 0.0887. The molecule has 0 amide bonds. The quantitative estimate of drug-likeness (QED) is 0.626. The number of nitrogens with one attached hydrogen (secondary N) is 2. The van der Waals surface area contributed by atoms with Crippen LogP contribution in [0.15, 0.2) is 47.5 Å². The Hall–Kier alpha value is -1.73. The first-order chi connectivity index (χ1) is 11.4. The van der Waals surface area contributed by atoms with Crippen molar-refractivity contribution in [1.29, 1.82) is 0 Å². The molecule has 8 heteroatoms. The lowest BCUT2D eigenvalue weighted by molar-refractivity contribution is 0.475. The number of aromatic hydroxyl groups is 1. The van der Waals surface area contributed by atoms with Gasteiger partial charge in [-0.3, -0.25) is 0 Å². The standard InChI is InChI=1S/C16H14Cl2N2O3S/c17-13-7-11(8-14(18)16(13)21)24(22,23)20-6-5-10-9-19-15-4-2-1-3-12(10)15/h1-4,7-9,19-21H,5-6H2. The SMILES string of the molecule is O=S(=O)(NCCc1c[nH]c2ccccc12)c1cc(Cl)c(O)c(Cl)c1. The normalized spacial score (nSPS) is 11.9. The number of sulfonamides is 1. The maximum absolute atomic E-state index is 12.3. The number of fused-ring (bicyclic) bond motifs is 1. The minimum Gasteiger partial charge on any atom is -0.505 e. The van der Waals surface area contributed by atoms with Crippen molar-refractivity contribution in [2.45, 2.75) is 11.3 Å². The van der Waals surface area contributed by atoms with Gasteiger partial charge in [0, 0.05) is 23.6 Å². The van der Waals surface area contributed by atoms with Crippen LogP contribution in [0.3, 0.4) is 0 Å². The summed E-state index contributed by atoms with van der Waals surface area (Å²) in [4.78, 5) is 3.06. The van der Waals surface area contributed by atoms with Crippen LogP contribution in [0, 0.1) is 0 Å². The van der Waals surface area contributed by atoms with Gasteiger partial charge in [-0.15, -0.1) is 0 Å². The van der Waals surface area contributed by atoms with Gasteiger partial charge in [0.05, 0.1) is 14.9 Å². The van der Waals surface area contributed by atoms with Gasteiger partial charge in [0.15, 0.2) is 5.75 Å². The van der Waals surface area contributed by atoms with Crippen LogP contribution in [0.2, 0.25) is 10.0 Å². The van der Waals surface area contributed by atoms with Crippen molar-refractivity contribution >= 4 is 44.1 Å². The predicted octanol–water partition coefficient (Wildman–Crippen LogP) is 3.70. The van der Waals surface area contributed by atoms with Gasteiger partial charge < -0.3 is 10.1 Å². The maximum Gasteiger partial charge on any atom is 0.240 e. The van der Waals surface area contributed by atoms with Crippen molar-refractivity contribution in [3.8, 4) is 5.75 Å². The Labute approximate surface area is 149 Å². The van der Waals surface area contributed by atoms with Gasteiger partial charge in [-0.2, -0.15) is 0 Å². The summed E-state index contributed by atoms with van der Waals surface area (Å²) in [6.45, 7) is 0.223. The summed E-state index contributed by atoms with van der Waals surface area (Å²) in [5.41, 5.74) is 2.03. The van der Waals surface area contributed by atoms with Gasteiger partial charge in [0.1, 0.15) is 0 Å². The van der Waals surface area contributed by atoms with Crippen LogP contribution in [0.5, 0.6) is 5.75 Å². The second kappa shape index (κ2) is 6.64. The number of hydrogen-bond acceptors (Lipinski definition) is 3. The molecule has 1 heterocycles. The molecule has 0 saturated heterocycles. The minimum atomic E-state index is -3.77. The van der Waals surface area contributed by atoms with Gasteiger partial charge in [0.25, 0.3) is 0 Å². The van der Waals surface area contributed by atoms with Crippen LogP contribution >= 0.6 is 23.2 Å². The molecular weight excluding hydrogens is 371 g/mol. The number of aromatic amines is 1. The predicted molar refractivity (Wildman–Crippen MR) is 95.3 cm³/mol. The molecular formula is C16H14Cl2N2O3S. The number of phenols is 1. The maximum atomic E-state index is 12.3. The van der Waals surface area contributed by atoms with E-state index in [1.165, 1.54) is 0 Å². The van der Waals surface area contributed by atoms with Crippen molar-refractivity contribution < 1.29 is 13.5 Å². The zero-order valence-corrected chi connectivity index (χ0v) is 14.7. The summed E-state index contributed by atoms with van der Waals surface area (Å²) in [5.74, 6) is -0.337. The largest absolute Gasteiger partial charge is 0.505 e. The van der Waals surface area contributed by atoms with Gasteiger partial charge in [-0.25, -0.2) is 13.1 Å². The fourth-order valence-corrected chi connectivity index (χ4v) is 4.14. The van der Waals surface area contributed by atoms with E-state index in [2.05, 4.69) is 9.71 Å². The van der Waals surface area contributed by atoms with Crippen LogP contribution < -0.4 is 4.72 Å². The fourth-order valence-electron chi connectivity index (χ4n) is 2.44. The van der Waals surface area contributed by atoms with Gasteiger partial charge in [-0.05, 0) is 30.2 Å². The van der Waals surface area contributed by atoms with Gasteiger partial charge in [0.2, 0.25) is 10.0 Å². The average molecular weight is 385 g/mol. The highest BCUT2D eigenvalue weighted by Crippen LogP contribution is 2.34. The Balaban J connectivity index is 1.74. The van der Waals surface area contributed by atoms with Crippen molar-refractivity contribution in [3.63, 3.8) is 0 Å². The van der Waals surface area contributed by atoms with Crippen molar-refractivity contribution in [2.24, 2.45) is 0 Å². The molecule has 3 rings (SSSR count). The van der Waals surface area contributed by atoms with Crippen LogP contribution in [0.1, 0.15) is 5.56 Å². The molecule has 5 nitrogen and oxygen atoms in total. The second-order valence-electron chi connectivity index (χ2n) is 5.24. The van der Waals surface area contributed by atoms with Crippen molar-refractivity contribution in [1.82, 2.24) is 9.71 Å². The first-order valence-corrected chi connectivity index (χ1v) is 9.35. The highest BCUT2D eigenvalue weighted by atomic mass is 35.5. The first-order valence-electron chi connectivity index (χ1n) is 7.11. The number of para-hydroxylation sites is 1. The molecule has 0 fully saturated rings. The molecule has 0 unspecified atom stereocenters. The second-order valence-corrected chi connectivity index (χ2v) is 7.82. The molecule has 3 N–H and O–H groups in total. The smallest absolute Gasteiger partial charge is 0.240 e. The lowest BCUT2D eigenvalue weighted by atomic mass is 10.1. The average Bonchev–Trinajstić information content (AvgIpc) is 2.95. The summed E-state index contributed by atoms with van der Waals surface area (Å²) in [5, 5.41) is 10.4. The summed E-state index contributed by atoms with van der Waals surface area (Å²) in [7, 11) is -3.77. The summed E-state index contributed by atoms with van der Waals surface area (Å²) in [6.07, 6.45) is 2.40. The van der Waals surface area contributed by atoms with E-state index < -0.39 is 10.0 Å². The molecule has 3 aromatic rings. The number of rotatable bonds is 5. The number of phenolic OH excluding ortho intramolecular Hbond substituents is 1. The third-order valence-electron chi connectivity index (χ3n) is 3.66. The van der Waals surface area contributed by atoms with Gasteiger partial charge >= 0.3 is 0 Å². The van der Waals surface area contributed by atoms with E-state index in [1.807, 2.05) is 30.5 Å². The zero-order valence-electron chi connectivity index (χ0n) is 12.4. The van der Waals surface area contributed by atoms with E-state index in [9.17, 15) is 13.5 Å². The number of H-pyrrole nitrogens is 1. The van der Waals surface area contributed by atoms with Crippen LogP contribution in [-0.4, -0.2) is 25.1 Å². The van der Waals surface area contributed by atoms with Crippen LogP contribution in [0.25, 0.3) is 10.9 Å². The topological polar surface area (TPSA) is 82.2 Å². The lowest BCUT2D eigenvalue weighted by Gasteiger charge is -2.08. The molecule has 1 aromatic heterocycles. The Kier molecular flexibility index (Phi) is 4.73. The molecule has 2 aromatic carbocycles. The number of halogens is 2. The third kappa shape index (κ3) is 3.37. The number of hydrogen-bond donors (Lipinski definition) is 3. The van der Waals surface area contributed by atoms with Crippen LogP contribution in [-0.2, 0) is 16.4 Å². The summed E-state index contributed by atoms with van der Waals surface area (Å²) in [6, 6.07) is 10.1. The Morgan fingerprint density at radius 3 is 2.50 bits per heavy atom. The zero-order chi connectivity index (χ0) is 17.3. The molecule has 0 aliphatic carbocycles. The number of benzene rings is 2. The third-order valence-corrected chi connectivity index (χ3v) is 5.68. The van der Waals surface area contributed by atoms with E-state index in [0.29, 0.717) is 6.42 Å². The van der Waals surface area contributed by atoms with E-state index in [4.69, 9.17) is 23.2 Å². The monoisotopic (exact) mass is 384 g/mol. The Morgan fingerprint density at radius 1 is 1.12 bits per heavy atom. The highest BCUT2D eigenvalue weighted by molar-refractivity contribution is 7.89. The lowest BCUT2D eigenvalue weighted by Crippen LogP contribution is -2.26. The molecule has 24 heavy (non-hydrogen) atoms. The molecule has 126 valence electrons. The molecule has 0 spiro atoms. The van der Waals surface area contributed by atoms with Gasteiger partial charge in [-0.1, -0.05) is 41.4 Å². The van der Waals surface area contributed by atoms with E-state index in [-0.39, 0.29) is 27.2 Å². The molecule has 0 saturated carbocycles. The van der Waals surface area contributed by atoms with E-state index in [0.717, 1.165) is 28.6 Å². The highest BCUT2D eigenvalue weighted by Gasteiger charge is 2.18. The Bertz CT molecular complexity index is 976. The molecule has 0 aliphatic rings. The van der Waals surface area contributed by atoms with E-state index >= 15 is 0 Å². The summed E-state index contributed by atoms with van der Waals surface area (Å²) < 4.78 is 27.2. The van der Waals surface area contributed by atoms with Crippen LogP contribution in [0.4, 0.5) is 0 Å².